The Morgan fingerprint density at radius 3 is 2.79 bits per heavy atom. The molecule has 0 radical (unpaired) electrons. The third kappa shape index (κ3) is 3.12. The monoisotopic (exact) mass is 256 g/mol. The second-order valence-electron chi connectivity index (χ2n) is 3.10. The number of amides is 1. The van der Waals surface area contributed by atoms with Crippen molar-refractivity contribution >= 4 is 21.8 Å². The Hall–Kier alpha value is -0.870. The standard InChI is InChI=1S/C10H13BrN2O/c1-7(12)10(14)13-6-8-4-2-3-5-9(8)11/h2-5,7H,6,12H2,1H3,(H,13,14). The number of rotatable bonds is 3. The summed E-state index contributed by atoms with van der Waals surface area (Å²) in [7, 11) is 0. The van der Waals surface area contributed by atoms with Crippen LogP contribution in [0.4, 0.5) is 0 Å². The van der Waals surface area contributed by atoms with Crippen molar-refractivity contribution in [3.05, 3.63) is 34.3 Å². The Labute approximate surface area is 91.8 Å². The zero-order chi connectivity index (χ0) is 10.6. The van der Waals surface area contributed by atoms with E-state index in [-0.39, 0.29) is 5.91 Å². The number of hydrogen-bond donors (Lipinski definition) is 2. The van der Waals surface area contributed by atoms with Crippen LogP contribution in [0.1, 0.15) is 12.5 Å². The summed E-state index contributed by atoms with van der Waals surface area (Å²) in [4.78, 5) is 11.2. The van der Waals surface area contributed by atoms with Crippen LogP contribution in [-0.2, 0) is 11.3 Å². The summed E-state index contributed by atoms with van der Waals surface area (Å²) in [6, 6.07) is 7.29. The van der Waals surface area contributed by atoms with E-state index in [0.29, 0.717) is 6.54 Å². The van der Waals surface area contributed by atoms with Crippen LogP contribution >= 0.6 is 15.9 Å². The van der Waals surface area contributed by atoms with Gasteiger partial charge in [-0.2, -0.15) is 0 Å². The Balaban J connectivity index is 2.54. The predicted molar refractivity (Wildman–Crippen MR) is 59.6 cm³/mol. The minimum Gasteiger partial charge on any atom is -0.351 e. The van der Waals surface area contributed by atoms with E-state index in [4.69, 9.17) is 5.73 Å². The van der Waals surface area contributed by atoms with Gasteiger partial charge in [0.15, 0.2) is 0 Å². The Morgan fingerprint density at radius 1 is 1.57 bits per heavy atom. The maximum absolute atomic E-state index is 11.2. The molecular weight excluding hydrogens is 244 g/mol. The van der Waals surface area contributed by atoms with Gasteiger partial charge in [-0.3, -0.25) is 4.79 Å². The first-order valence-electron chi connectivity index (χ1n) is 4.38. The molecule has 0 saturated carbocycles. The van der Waals surface area contributed by atoms with Gasteiger partial charge < -0.3 is 11.1 Å². The van der Waals surface area contributed by atoms with Crippen LogP contribution in [0.5, 0.6) is 0 Å². The summed E-state index contributed by atoms with van der Waals surface area (Å²) >= 11 is 3.40. The molecule has 1 unspecified atom stereocenters. The van der Waals surface area contributed by atoms with Gasteiger partial charge in [-0.15, -0.1) is 0 Å². The topological polar surface area (TPSA) is 55.1 Å². The SMILES string of the molecule is CC(N)C(=O)NCc1ccccc1Br. The van der Waals surface area contributed by atoms with E-state index in [1.165, 1.54) is 0 Å². The second kappa shape index (κ2) is 5.12. The highest BCUT2D eigenvalue weighted by atomic mass is 79.9. The van der Waals surface area contributed by atoms with Gasteiger partial charge in [0.25, 0.3) is 0 Å². The molecule has 0 aromatic heterocycles. The Bertz CT molecular complexity index is 326. The van der Waals surface area contributed by atoms with Gasteiger partial charge in [0, 0.05) is 11.0 Å². The summed E-state index contributed by atoms with van der Waals surface area (Å²) in [6.45, 7) is 2.16. The van der Waals surface area contributed by atoms with Crippen LogP contribution in [0.15, 0.2) is 28.7 Å². The van der Waals surface area contributed by atoms with Crippen molar-refractivity contribution in [3.63, 3.8) is 0 Å². The maximum atomic E-state index is 11.2. The molecule has 0 saturated heterocycles. The molecule has 1 aromatic carbocycles. The first-order chi connectivity index (χ1) is 6.61. The third-order valence-electron chi connectivity index (χ3n) is 1.82. The molecule has 76 valence electrons. The molecule has 1 rings (SSSR count). The van der Waals surface area contributed by atoms with Gasteiger partial charge >= 0.3 is 0 Å². The van der Waals surface area contributed by atoms with Gasteiger partial charge in [0.2, 0.25) is 5.91 Å². The Morgan fingerprint density at radius 2 is 2.21 bits per heavy atom. The van der Waals surface area contributed by atoms with Gasteiger partial charge in [0.1, 0.15) is 0 Å². The molecule has 0 bridgehead atoms. The van der Waals surface area contributed by atoms with E-state index in [2.05, 4.69) is 21.2 Å². The van der Waals surface area contributed by atoms with Crippen LogP contribution < -0.4 is 11.1 Å². The van der Waals surface area contributed by atoms with Gasteiger partial charge in [0.05, 0.1) is 6.04 Å². The van der Waals surface area contributed by atoms with Crippen molar-refractivity contribution in [2.75, 3.05) is 0 Å². The fourth-order valence-corrected chi connectivity index (χ4v) is 1.41. The van der Waals surface area contributed by atoms with Gasteiger partial charge in [-0.05, 0) is 18.6 Å². The normalized spacial score (nSPS) is 12.2. The molecule has 0 spiro atoms. The number of carbonyl (C=O) groups is 1. The molecular formula is C10H13BrN2O. The van der Waals surface area contributed by atoms with Gasteiger partial charge in [-0.25, -0.2) is 0 Å². The average Bonchev–Trinajstić information content (AvgIpc) is 2.16. The third-order valence-corrected chi connectivity index (χ3v) is 2.60. The quantitative estimate of drug-likeness (QED) is 0.860. The van der Waals surface area contributed by atoms with Gasteiger partial charge in [-0.1, -0.05) is 34.1 Å². The Kier molecular flexibility index (Phi) is 4.10. The number of halogens is 1. The number of nitrogens with one attached hydrogen (secondary N) is 1. The fourth-order valence-electron chi connectivity index (χ4n) is 0.985. The first kappa shape index (κ1) is 11.2. The minimum absolute atomic E-state index is 0.138. The number of carbonyl (C=O) groups excluding carboxylic acids is 1. The van der Waals surface area contributed by atoms with Crippen molar-refractivity contribution in [1.29, 1.82) is 0 Å². The summed E-state index contributed by atoms with van der Waals surface area (Å²) in [5, 5.41) is 2.75. The lowest BCUT2D eigenvalue weighted by Gasteiger charge is -2.08. The number of benzene rings is 1. The molecule has 0 heterocycles. The van der Waals surface area contributed by atoms with E-state index in [1.807, 2.05) is 24.3 Å². The lowest BCUT2D eigenvalue weighted by molar-refractivity contribution is -0.122. The van der Waals surface area contributed by atoms with Crippen molar-refractivity contribution in [1.82, 2.24) is 5.32 Å². The largest absolute Gasteiger partial charge is 0.351 e. The molecule has 0 aliphatic heterocycles. The number of nitrogens with two attached hydrogens (primary N) is 1. The van der Waals surface area contributed by atoms with Crippen molar-refractivity contribution in [3.8, 4) is 0 Å². The van der Waals surface area contributed by atoms with E-state index in [0.717, 1.165) is 10.0 Å². The van der Waals surface area contributed by atoms with Crippen LogP contribution in [0.2, 0.25) is 0 Å². The average molecular weight is 257 g/mol. The van der Waals surface area contributed by atoms with Crippen LogP contribution in [0, 0.1) is 0 Å². The van der Waals surface area contributed by atoms with Crippen molar-refractivity contribution in [2.45, 2.75) is 19.5 Å². The molecule has 1 amide bonds. The van der Waals surface area contributed by atoms with Crippen molar-refractivity contribution in [2.24, 2.45) is 5.73 Å². The highest BCUT2D eigenvalue weighted by molar-refractivity contribution is 9.10. The first-order valence-corrected chi connectivity index (χ1v) is 5.17. The van der Waals surface area contributed by atoms with E-state index in [9.17, 15) is 4.79 Å². The molecule has 14 heavy (non-hydrogen) atoms. The highest BCUT2D eigenvalue weighted by Gasteiger charge is 2.06. The second-order valence-corrected chi connectivity index (χ2v) is 3.95. The van der Waals surface area contributed by atoms with E-state index in [1.54, 1.807) is 6.92 Å². The maximum Gasteiger partial charge on any atom is 0.236 e. The molecule has 1 aromatic rings. The highest BCUT2D eigenvalue weighted by Crippen LogP contribution is 2.15. The molecule has 0 aliphatic rings. The minimum atomic E-state index is -0.461. The zero-order valence-corrected chi connectivity index (χ0v) is 9.54. The molecule has 1 atom stereocenters. The lowest BCUT2D eigenvalue weighted by Crippen LogP contribution is -2.37. The van der Waals surface area contributed by atoms with E-state index < -0.39 is 6.04 Å². The molecule has 4 heteroatoms. The summed E-state index contributed by atoms with van der Waals surface area (Å²) in [5.74, 6) is -0.138. The number of hydrogen-bond acceptors (Lipinski definition) is 2. The van der Waals surface area contributed by atoms with Crippen LogP contribution in [0.25, 0.3) is 0 Å². The predicted octanol–water partition coefficient (Wildman–Crippen LogP) is 1.41. The lowest BCUT2D eigenvalue weighted by atomic mass is 10.2. The molecule has 3 N–H and O–H groups in total. The summed E-state index contributed by atoms with van der Waals surface area (Å²) in [6.07, 6.45) is 0. The molecule has 3 nitrogen and oxygen atoms in total. The van der Waals surface area contributed by atoms with Crippen LogP contribution in [-0.4, -0.2) is 11.9 Å². The smallest absolute Gasteiger partial charge is 0.236 e. The summed E-state index contributed by atoms with van der Waals surface area (Å²) < 4.78 is 0.991. The fraction of sp³-hybridized carbons (Fsp3) is 0.300. The van der Waals surface area contributed by atoms with Crippen LogP contribution in [0.3, 0.4) is 0 Å². The summed E-state index contributed by atoms with van der Waals surface area (Å²) in [5.41, 5.74) is 6.46. The molecule has 0 fully saturated rings. The van der Waals surface area contributed by atoms with E-state index >= 15 is 0 Å². The molecule has 0 aliphatic carbocycles. The zero-order valence-electron chi connectivity index (χ0n) is 7.96. The van der Waals surface area contributed by atoms with Crippen molar-refractivity contribution < 1.29 is 4.79 Å².